The van der Waals surface area contributed by atoms with Crippen molar-refractivity contribution in [2.24, 2.45) is 0 Å². The molecule has 0 saturated carbocycles. The molecule has 1 N–H and O–H groups in total. The highest BCUT2D eigenvalue weighted by molar-refractivity contribution is 5.68. The van der Waals surface area contributed by atoms with Gasteiger partial charge in [0, 0.05) is 0 Å². The predicted molar refractivity (Wildman–Crippen MR) is 38.0 cm³/mol. The minimum Gasteiger partial charge on any atom is -0.480 e. The number of carboxylic acid groups (broad SMARTS) is 1. The molecule has 0 aromatic rings. The van der Waals surface area contributed by atoms with Crippen molar-refractivity contribution in [3.63, 3.8) is 0 Å². The average Bonchev–Trinajstić information content (AvgIpc) is 1.85. The Hall–Kier alpha value is -0.570. The third-order valence-electron chi connectivity index (χ3n) is 1.19. The maximum Gasteiger partial charge on any atom is 0.329 e. The summed E-state index contributed by atoms with van der Waals surface area (Å²) >= 11 is 0. The molecule has 0 aromatic carbocycles. The molecule has 0 aromatic heterocycles. The normalized spacial score (nSPS) is 13.0. The van der Waals surface area contributed by atoms with Crippen molar-refractivity contribution in [1.29, 1.82) is 0 Å². The third kappa shape index (κ3) is 5.56. The molecule has 0 aliphatic carbocycles. The highest BCUT2D eigenvalue weighted by atomic mass is 16.5. The topological polar surface area (TPSA) is 46.5 Å². The number of carbonyl (C=O) groups is 1. The van der Waals surface area contributed by atoms with E-state index < -0.39 is 5.97 Å². The predicted octanol–water partition coefficient (Wildman–Crippen LogP) is 1.28. The Morgan fingerprint density at radius 3 is 2.70 bits per heavy atom. The van der Waals surface area contributed by atoms with Crippen molar-refractivity contribution in [1.82, 2.24) is 0 Å². The highest BCUT2D eigenvalue weighted by Crippen LogP contribution is 1.99. The summed E-state index contributed by atoms with van der Waals surface area (Å²) in [7, 11) is 0. The zero-order valence-electron chi connectivity index (χ0n) is 6.46. The van der Waals surface area contributed by atoms with Crippen LogP contribution in [0.2, 0.25) is 0 Å². The van der Waals surface area contributed by atoms with Gasteiger partial charge in [0.2, 0.25) is 0 Å². The van der Waals surface area contributed by atoms with Crippen LogP contribution in [-0.4, -0.2) is 23.8 Å². The molecule has 60 valence electrons. The fraction of sp³-hybridized carbons (Fsp3) is 0.857. The summed E-state index contributed by atoms with van der Waals surface area (Å²) < 4.78 is 4.94. The summed E-state index contributed by atoms with van der Waals surface area (Å²) in [4.78, 5) is 9.98. The maximum atomic E-state index is 9.98. The van der Waals surface area contributed by atoms with Gasteiger partial charge in [0.05, 0.1) is 6.10 Å². The molecule has 0 saturated heterocycles. The van der Waals surface area contributed by atoms with E-state index in [1.807, 2.05) is 13.8 Å². The van der Waals surface area contributed by atoms with Gasteiger partial charge in [0.1, 0.15) is 6.61 Å². The molecule has 0 rings (SSSR count). The number of hydrogen-bond acceptors (Lipinski definition) is 2. The first kappa shape index (κ1) is 9.43. The Kier molecular flexibility index (Phi) is 4.94. The van der Waals surface area contributed by atoms with Gasteiger partial charge in [-0.15, -0.1) is 0 Å². The summed E-state index contributed by atoms with van der Waals surface area (Å²) in [5.41, 5.74) is 0. The van der Waals surface area contributed by atoms with E-state index >= 15 is 0 Å². The molecule has 0 aliphatic rings. The van der Waals surface area contributed by atoms with Gasteiger partial charge in [-0.25, -0.2) is 4.79 Å². The molecule has 3 nitrogen and oxygen atoms in total. The van der Waals surface area contributed by atoms with Crippen LogP contribution in [0.3, 0.4) is 0 Å². The fourth-order valence-electron chi connectivity index (χ4n) is 0.703. The first-order valence-corrected chi connectivity index (χ1v) is 3.50. The van der Waals surface area contributed by atoms with Crippen LogP contribution in [0, 0.1) is 0 Å². The van der Waals surface area contributed by atoms with Gasteiger partial charge in [0.25, 0.3) is 0 Å². The van der Waals surface area contributed by atoms with Crippen LogP contribution in [-0.2, 0) is 9.53 Å². The lowest BCUT2D eigenvalue weighted by molar-refractivity contribution is -0.144. The first-order chi connectivity index (χ1) is 4.66. The second-order valence-corrected chi connectivity index (χ2v) is 2.30. The largest absolute Gasteiger partial charge is 0.480 e. The summed E-state index contributed by atoms with van der Waals surface area (Å²) in [6.07, 6.45) is 2.02. The molecule has 0 fully saturated rings. The van der Waals surface area contributed by atoms with Crippen molar-refractivity contribution >= 4 is 5.97 Å². The first-order valence-electron chi connectivity index (χ1n) is 3.50. The van der Waals surface area contributed by atoms with E-state index in [2.05, 4.69) is 0 Å². The smallest absolute Gasteiger partial charge is 0.329 e. The van der Waals surface area contributed by atoms with Crippen LogP contribution in [0.1, 0.15) is 26.7 Å². The molecular formula is C7H14O3. The molecule has 1 atom stereocenters. The van der Waals surface area contributed by atoms with Gasteiger partial charge in [-0.3, -0.25) is 0 Å². The van der Waals surface area contributed by atoms with E-state index in [1.165, 1.54) is 0 Å². The van der Waals surface area contributed by atoms with Gasteiger partial charge < -0.3 is 9.84 Å². The average molecular weight is 146 g/mol. The van der Waals surface area contributed by atoms with Crippen molar-refractivity contribution in [3.8, 4) is 0 Å². The standard InChI is InChI=1S/C7H14O3/c1-3-4-6(2)10-5-7(8)9/h6H,3-5H2,1-2H3,(H,8,9). The lowest BCUT2D eigenvalue weighted by Gasteiger charge is -2.08. The number of hydrogen-bond donors (Lipinski definition) is 1. The van der Waals surface area contributed by atoms with Gasteiger partial charge >= 0.3 is 5.97 Å². The molecule has 0 radical (unpaired) electrons. The van der Waals surface area contributed by atoms with Gasteiger partial charge in [-0.05, 0) is 13.3 Å². The number of aliphatic carboxylic acids is 1. The minimum atomic E-state index is -0.900. The van der Waals surface area contributed by atoms with E-state index in [0.717, 1.165) is 12.8 Å². The van der Waals surface area contributed by atoms with Crippen LogP contribution in [0.4, 0.5) is 0 Å². The van der Waals surface area contributed by atoms with E-state index in [0.29, 0.717) is 0 Å². The molecule has 0 heterocycles. The molecule has 10 heavy (non-hydrogen) atoms. The van der Waals surface area contributed by atoms with Crippen LogP contribution in [0.15, 0.2) is 0 Å². The zero-order chi connectivity index (χ0) is 7.98. The Morgan fingerprint density at radius 1 is 1.70 bits per heavy atom. The molecule has 0 amide bonds. The third-order valence-corrected chi connectivity index (χ3v) is 1.19. The Morgan fingerprint density at radius 2 is 2.30 bits per heavy atom. The summed E-state index contributed by atoms with van der Waals surface area (Å²) in [6.45, 7) is 3.74. The number of rotatable bonds is 5. The van der Waals surface area contributed by atoms with Crippen molar-refractivity contribution in [2.75, 3.05) is 6.61 Å². The van der Waals surface area contributed by atoms with E-state index in [1.54, 1.807) is 0 Å². The minimum absolute atomic E-state index is 0.0705. The summed E-state index contributed by atoms with van der Waals surface area (Å²) in [5.74, 6) is -0.900. The van der Waals surface area contributed by atoms with Gasteiger partial charge in [0.15, 0.2) is 0 Å². The maximum absolute atomic E-state index is 9.98. The van der Waals surface area contributed by atoms with Crippen LogP contribution in [0.25, 0.3) is 0 Å². The van der Waals surface area contributed by atoms with Gasteiger partial charge in [-0.2, -0.15) is 0 Å². The number of carboxylic acids is 1. The van der Waals surface area contributed by atoms with Crippen molar-refractivity contribution < 1.29 is 14.6 Å². The highest BCUT2D eigenvalue weighted by Gasteiger charge is 2.02. The Bertz CT molecular complexity index is 101. The monoisotopic (exact) mass is 146 g/mol. The molecule has 1 unspecified atom stereocenters. The van der Waals surface area contributed by atoms with E-state index in [9.17, 15) is 4.79 Å². The number of ether oxygens (including phenoxy) is 1. The van der Waals surface area contributed by atoms with Gasteiger partial charge in [-0.1, -0.05) is 13.3 Å². The molecule has 3 heteroatoms. The molecule has 0 spiro atoms. The van der Waals surface area contributed by atoms with Crippen LogP contribution in [0.5, 0.6) is 0 Å². The fourth-order valence-corrected chi connectivity index (χ4v) is 0.703. The second-order valence-electron chi connectivity index (χ2n) is 2.30. The quantitative estimate of drug-likeness (QED) is 0.635. The molecule has 0 aliphatic heterocycles. The molecular weight excluding hydrogens is 132 g/mol. The SMILES string of the molecule is CCCC(C)OCC(=O)O. The lowest BCUT2D eigenvalue weighted by Crippen LogP contribution is -2.14. The van der Waals surface area contributed by atoms with Crippen molar-refractivity contribution in [2.45, 2.75) is 32.8 Å². The lowest BCUT2D eigenvalue weighted by atomic mass is 10.2. The van der Waals surface area contributed by atoms with E-state index in [-0.39, 0.29) is 12.7 Å². The second kappa shape index (κ2) is 5.23. The van der Waals surface area contributed by atoms with E-state index in [4.69, 9.17) is 9.84 Å². The Balaban J connectivity index is 3.21. The summed E-state index contributed by atoms with van der Waals surface area (Å²) in [6, 6.07) is 0. The molecule has 0 bridgehead atoms. The zero-order valence-corrected chi connectivity index (χ0v) is 6.46. The Labute approximate surface area is 61.0 Å². The summed E-state index contributed by atoms with van der Waals surface area (Å²) in [5, 5.41) is 8.21. The van der Waals surface area contributed by atoms with Crippen LogP contribution >= 0.6 is 0 Å². The van der Waals surface area contributed by atoms with Crippen LogP contribution < -0.4 is 0 Å². The van der Waals surface area contributed by atoms with Crippen molar-refractivity contribution in [3.05, 3.63) is 0 Å².